The zero-order valence-corrected chi connectivity index (χ0v) is 39.7. The second-order valence-corrected chi connectivity index (χ2v) is 29.7. The van der Waals surface area contributed by atoms with E-state index in [9.17, 15) is 150 Å². The summed E-state index contributed by atoms with van der Waals surface area (Å²) in [5.74, 6) is -129. The van der Waals surface area contributed by atoms with Crippen LogP contribution < -0.4 is 14.2 Å². The van der Waals surface area contributed by atoms with Crippen LogP contribution >= 0.6 is 0 Å². The van der Waals surface area contributed by atoms with Gasteiger partial charge in [0.05, 0.1) is 0 Å². The molecule has 0 fully saturated rings. The first-order valence-corrected chi connectivity index (χ1v) is 27.3. The molecule has 460 valence electrons. The monoisotopic (exact) mass is 1350 g/mol. The number of hydrogen-bond acceptors (Lipinski definition) is 1. The van der Waals surface area contributed by atoms with E-state index in [1.54, 1.807) is 5.32 Å². The molecule has 0 saturated carbocycles. The second kappa shape index (κ2) is 21.4. The average Bonchev–Trinajstić information content (AvgIpc) is 3.24. The van der Waals surface area contributed by atoms with Crippen LogP contribution in [0.4, 0.5) is 182 Å². The Hall–Kier alpha value is -3.44. The summed E-state index contributed by atoms with van der Waals surface area (Å²) in [4.78, 5) is 12.6. The van der Waals surface area contributed by atoms with Crippen molar-refractivity contribution in [3.63, 3.8) is 0 Å². The van der Waals surface area contributed by atoms with E-state index in [1.165, 1.54) is 12.2 Å². The SMILES string of the molecule is CCCCNC(=O)Nc1cccc[c]1[Sn]([CH2]CC(F)(F)C(F)(F)C(F)(F)C(F)(F)C(F)(F)C(F)(F)F)([CH2]CC(F)(F)C(F)(F)C(F)(F)C(F)(F)C(F)(F)C(F)(F)F)[CH2]CC(F)(F)C(F)(F)C(F)(F)C(F)(F)C(F)(F)C(F)(F)F. The summed E-state index contributed by atoms with van der Waals surface area (Å²) in [5, 5.41) is 3.08. The van der Waals surface area contributed by atoms with Gasteiger partial charge in [-0.3, -0.25) is 0 Å². The van der Waals surface area contributed by atoms with Crippen molar-refractivity contribution in [1.29, 1.82) is 0 Å². The molecule has 0 spiro atoms. The van der Waals surface area contributed by atoms with E-state index in [4.69, 9.17) is 0 Å². The van der Waals surface area contributed by atoms with Gasteiger partial charge in [-0.1, -0.05) is 0 Å². The first-order chi connectivity index (χ1) is 33.8. The van der Waals surface area contributed by atoms with Crippen LogP contribution in [0.3, 0.4) is 0 Å². The molecule has 1 rings (SSSR count). The summed E-state index contributed by atoms with van der Waals surface area (Å²) >= 11 is -8.58. The fourth-order valence-corrected chi connectivity index (χ4v) is 21.0. The van der Waals surface area contributed by atoms with Gasteiger partial charge in [0.25, 0.3) is 0 Å². The molecule has 1 aromatic carbocycles. The third-order valence-electron chi connectivity index (χ3n) is 11.3. The van der Waals surface area contributed by atoms with Crippen LogP contribution in [0.15, 0.2) is 24.3 Å². The molecule has 78 heavy (non-hydrogen) atoms. The molecular weight excluding hydrogens is 1320 g/mol. The predicted molar refractivity (Wildman–Crippen MR) is 184 cm³/mol. The van der Waals surface area contributed by atoms with Crippen molar-refractivity contribution in [3.05, 3.63) is 24.3 Å². The Morgan fingerprint density at radius 1 is 0.372 bits per heavy atom. The Morgan fingerprint density at radius 2 is 0.615 bits per heavy atom. The van der Waals surface area contributed by atoms with E-state index in [0.717, 1.165) is 0 Å². The fourth-order valence-electron chi connectivity index (χ4n) is 6.44. The third-order valence-corrected chi connectivity index (χ3v) is 26.2. The van der Waals surface area contributed by atoms with E-state index in [-0.39, 0.29) is 31.0 Å². The molecule has 0 bridgehead atoms. The van der Waals surface area contributed by atoms with E-state index in [2.05, 4.69) is 0 Å². The normalized spacial score (nSPS) is 15.9. The molecule has 0 radical (unpaired) electrons. The van der Waals surface area contributed by atoms with Gasteiger partial charge < -0.3 is 0 Å². The van der Waals surface area contributed by atoms with Crippen LogP contribution in [-0.2, 0) is 0 Å². The standard InChI is InChI=1S/C11H15N2O.3C8H4F13.Sn/c1-2-3-9-12-11(14)13-10-7-5-4-6-8-10;3*1-2-3(9,10)4(11,12)5(13,14)6(15,16)7(17,18)8(19,20)21;/h4-7H,2-3,9H2,1H3,(H2,12,13,14);3*1-2H2;. The van der Waals surface area contributed by atoms with Crippen molar-refractivity contribution in [2.45, 2.75) is 160 Å². The Balaban J connectivity index is 4.73. The van der Waals surface area contributed by atoms with Gasteiger partial charge in [0.1, 0.15) is 0 Å². The van der Waals surface area contributed by atoms with Crippen LogP contribution in [0.5, 0.6) is 0 Å². The van der Waals surface area contributed by atoms with Crippen molar-refractivity contribution < 1.29 is 176 Å². The first kappa shape index (κ1) is 72.6. The number of hydrogen-bond donors (Lipinski definition) is 2. The van der Waals surface area contributed by atoms with Crippen LogP contribution in [0, 0.1) is 0 Å². The number of carbonyl (C=O) groups excluding carboxylic acids is 1. The van der Waals surface area contributed by atoms with E-state index < -0.39 is 180 Å². The van der Waals surface area contributed by atoms with Crippen LogP contribution in [0.2, 0.25) is 13.3 Å². The maximum atomic E-state index is 15.4. The summed E-state index contributed by atoms with van der Waals surface area (Å²) in [6.07, 6.45) is -37.0. The summed E-state index contributed by atoms with van der Waals surface area (Å²) < 4.78 is 537. The second-order valence-electron chi connectivity index (χ2n) is 16.6. The minimum absolute atomic E-state index is 0.0302. The molecule has 0 heterocycles. The molecule has 0 aliphatic carbocycles. The zero-order valence-electron chi connectivity index (χ0n) is 36.8. The van der Waals surface area contributed by atoms with E-state index in [0.29, 0.717) is 6.07 Å². The zero-order chi connectivity index (χ0) is 62.8. The molecule has 0 saturated heterocycles. The van der Waals surface area contributed by atoms with Crippen LogP contribution in [0.25, 0.3) is 0 Å². The molecule has 3 nitrogen and oxygen atoms in total. The number of halogens is 39. The van der Waals surface area contributed by atoms with E-state index >= 15 is 26.3 Å². The Labute approximate surface area is 410 Å². The van der Waals surface area contributed by atoms with Gasteiger partial charge >= 0.3 is 411 Å². The molecule has 2 N–H and O–H groups in total. The number of nitrogens with one attached hydrogen (secondary N) is 2. The van der Waals surface area contributed by atoms with Crippen molar-refractivity contribution in [3.8, 4) is 0 Å². The molecule has 43 heteroatoms. The molecule has 2 amide bonds. The van der Waals surface area contributed by atoms with Gasteiger partial charge in [-0.2, -0.15) is 0 Å². The summed E-state index contributed by atoms with van der Waals surface area (Å²) in [7, 11) is 0. The first-order valence-electron chi connectivity index (χ1n) is 19.8. The van der Waals surface area contributed by atoms with Crippen molar-refractivity contribution in [1.82, 2.24) is 5.32 Å². The maximum absolute atomic E-state index is 15.4. The topological polar surface area (TPSA) is 41.1 Å². The van der Waals surface area contributed by atoms with Gasteiger partial charge in [-0.25, -0.2) is 0 Å². The van der Waals surface area contributed by atoms with Crippen molar-refractivity contribution in [2.75, 3.05) is 11.9 Å². The molecular formula is C35H27F39N2OSn. The molecule has 1 aromatic rings. The number of amides is 2. The number of urea groups is 1. The molecule has 0 aromatic heterocycles. The van der Waals surface area contributed by atoms with Gasteiger partial charge in [0.2, 0.25) is 0 Å². The third kappa shape index (κ3) is 11.7. The van der Waals surface area contributed by atoms with Gasteiger partial charge in [-0.05, 0) is 0 Å². The number of carbonyl (C=O) groups is 1. The molecule has 0 aliphatic rings. The Morgan fingerprint density at radius 3 is 0.859 bits per heavy atom. The summed E-state index contributed by atoms with van der Waals surface area (Å²) in [6.45, 7) is 0.694. The molecule has 0 atom stereocenters. The fraction of sp³-hybridized carbons (Fsp3) is 0.800. The predicted octanol–water partition coefficient (Wildman–Crippen LogP) is 16.7. The van der Waals surface area contributed by atoms with Crippen LogP contribution in [0.1, 0.15) is 39.0 Å². The number of rotatable bonds is 26. The Kier molecular flexibility index (Phi) is 19.9. The molecule has 0 unspecified atom stereocenters. The van der Waals surface area contributed by atoms with Crippen LogP contribution in [-0.4, -0.2) is 138 Å². The number of unbranched alkanes of at least 4 members (excludes halogenated alkanes) is 1. The van der Waals surface area contributed by atoms with Gasteiger partial charge in [0, 0.05) is 0 Å². The summed E-state index contributed by atoms with van der Waals surface area (Å²) in [6, 6.07) is -1.71. The minimum atomic E-state index is -8.94. The number of anilines is 1. The number of alkyl halides is 39. The van der Waals surface area contributed by atoms with Crippen molar-refractivity contribution >= 4 is 33.7 Å². The Bertz CT molecular complexity index is 2020. The quantitative estimate of drug-likeness (QED) is 0.0542. The average molecular weight is 1350 g/mol. The molecule has 0 aliphatic heterocycles. The van der Waals surface area contributed by atoms with Crippen molar-refractivity contribution in [2.24, 2.45) is 0 Å². The summed E-state index contributed by atoms with van der Waals surface area (Å²) in [5.41, 5.74) is -1.72. The van der Waals surface area contributed by atoms with Gasteiger partial charge in [0.15, 0.2) is 0 Å². The number of benzene rings is 1. The van der Waals surface area contributed by atoms with E-state index in [1.807, 2.05) is 0 Å². The van der Waals surface area contributed by atoms with Gasteiger partial charge in [-0.15, -0.1) is 0 Å². The number of para-hydroxylation sites is 1.